The van der Waals surface area contributed by atoms with Crippen LogP contribution >= 0.6 is 0 Å². The Labute approximate surface area is 183 Å². The van der Waals surface area contributed by atoms with Crippen molar-refractivity contribution in [1.29, 1.82) is 0 Å². The molecule has 0 fully saturated rings. The van der Waals surface area contributed by atoms with E-state index in [2.05, 4.69) is 0 Å². The molecular formula is C24H30N2O5. The van der Waals surface area contributed by atoms with E-state index in [9.17, 15) is 9.59 Å². The van der Waals surface area contributed by atoms with Gasteiger partial charge in [-0.1, -0.05) is 30.3 Å². The average Bonchev–Trinajstić information content (AvgIpc) is 2.76. The number of rotatable bonds is 6. The molecule has 0 unspecified atom stereocenters. The van der Waals surface area contributed by atoms with Crippen molar-refractivity contribution in [1.82, 2.24) is 4.90 Å². The highest BCUT2D eigenvalue weighted by molar-refractivity contribution is 5.94. The Morgan fingerprint density at radius 2 is 1.74 bits per heavy atom. The molecule has 0 aliphatic carbocycles. The molecule has 0 aromatic heterocycles. The summed E-state index contributed by atoms with van der Waals surface area (Å²) in [5.74, 6) is 1.02. The second-order valence-corrected chi connectivity index (χ2v) is 7.57. The highest BCUT2D eigenvalue weighted by Gasteiger charge is 2.38. The largest absolute Gasteiger partial charge is 0.493 e. The van der Waals surface area contributed by atoms with Crippen molar-refractivity contribution < 1.29 is 23.8 Å². The molecule has 0 radical (unpaired) electrons. The van der Waals surface area contributed by atoms with Gasteiger partial charge < -0.3 is 19.1 Å². The minimum Gasteiger partial charge on any atom is -0.493 e. The first-order chi connectivity index (χ1) is 14.9. The van der Waals surface area contributed by atoms with Crippen molar-refractivity contribution in [3.05, 3.63) is 53.6 Å². The molecule has 1 aliphatic rings. The van der Waals surface area contributed by atoms with Gasteiger partial charge in [0.25, 0.3) is 0 Å². The molecule has 2 atom stereocenters. The van der Waals surface area contributed by atoms with Gasteiger partial charge in [-0.15, -0.1) is 0 Å². The van der Waals surface area contributed by atoms with E-state index in [1.165, 1.54) is 0 Å². The molecule has 1 aliphatic heterocycles. The second kappa shape index (κ2) is 9.73. The third-order valence-electron chi connectivity index (χ3n) is 5.57. The van der Waals surface area contributed by atoms with Gasteiger partial charge in [0.05, 0.1) is 32.6 Å². The average molecular weight is 427 g/mol. The molecule has 31 heavy (non-hydrogen) atoms. The van der Waals surface area contributed by atoms with Crippen molar-refractivity contribution in [2.45, 2.75) is 45.8 Å². The number of ether oxygens (including phenoxy) is 3. The van der Waals surface area contributed by atoms with E-state index in [4.69, 9.17) is 14.2 Å². The normalized spacial score (nSPS) is 17.5. The van der Waals surface area contributed by atoms with Crippen LogP contribution in [0.1, 0.15) is 44.4 Å². The summed E-state index contributed by atoms with van der Waals surface area (Å²) in [6.45, 7) is 6.00. The number of anilines is 1. The topological polar surface area (TPSA) is 68.3 Å². The number of carbonyl (C=O) groups is 2. The Morgan fingerprint density at radius 1 is 1.10 bits per heavy atom. The van der Waals surface area contributed by atoms with Gasteiger partial charge in [0.2, 0.25) is 5.91 Å². The molecule has 2 aromatic carbocycles. The SMILES string of the molecule is CCOC(=O)N(Cc1ccccc1)[C@H]1C[C@@H](C)N(C(C)=O)c2cc(OC)c(OC)cc21. The fourth-order valence-corrected chi connectivity index (χ4v) is 4.22. The van der Waals surface area contributed by atoms with Crippen molar-refractivity contribution >= 4 is 17.7 Å². The van der Waals surface area contributed by atoms with Crippen LogP contribution in [0, 0.1) is 0 Å². The fourth-order valence-electron chi connectivity index (χ4n) is 4.22. The van der Waals surface area contributed by atoms with Crippen molar-refractivity contribution in [2.24, 2.45) is 0 Å². The van der Waals surface area contributed by atoms with Crippen LogP contribution in [0.5, 0.6) is 11.5 Å². The second-order valence-electron chi connectivity index (χ2n) is 7.57. The van der Waals surface area contributed by atoms with Crippen LogP contribution in [0.2, 0.25) is 0 Å². The van der Waals surface area contributed by atoms with Crippen LogP contribution in [0.15, 0.2) is 42.5 Å². The van der Waals surface area contributed by atoms with Crippen LogP contribution in [-0.4, -0.2) is 43.8 Å². The smallest absolute Gasteiger partial charge is 0.410 e. The summed E-state index contributed by atoms with van der Waals surface area (Å²) in [4.78, 5) is 29.0. The molecule has 2 amide bonds. The maximum absolute atomic E-state index is 13.0. The number of hydrogen-bond acceptors (Lipinski definition) is 5. The van der Waals surface area contributed by atoms with E-state index in [0.717, 1.165) is 16.8 Å². The molecule has 166 valence electrons. The lowest BCUT2D eigenvalue weighted by atomic mass is 9.89. The third kappa shape index (κ3) is 4.60. The molecule has 1 heterocycles. The van der Waals surface area contributed by atoms with Crippen LogP contribution in [0.3, 0.4) is 0 Å². The predicted molar refractivity (Wildman–Crippen MR) is 119 cm³/mol. The van der Waals surface area contributed by atoms with Gasteiger partial charge in [0, 0.05) is 31.1 Å². The molecule has 0 N–H and O–H groups in total. The van der Waals surface area contributed by atoms with Crippen LogP contribution in [-0.2, 0) is 16.1 Å². The number of nitrogens with zero attached hydrogens (tertiary/aromatic N) is 2. The molecular weight excluding hydrogens is 396 g/mol. The van der Waals surface area contributed by atoms with Crippen molar-refractivity contribution in [3.63, 3.8) is 0 Å². The van der Waals surface area contributed by atoms with Crippen LogP contribution in [0.25, 0.3) is 0 Å². The van der Waals surface area contributed by atoms with Gasteiger partial charge >= 0.3 is 6.09 Å². The number of fused-ring (bicyclic) bond motifs is 1. The minimum atomic E-state index is -0.388. The summed E-state index contributed by atoms with van der Waals surface area (Å²) in [6, 6.07) is 13.1. The monoisotopic (exact) mass is 426 g/mol. The number of amides is 2. The summed E-state index contributed by atoms with van der Waals surface area (Å²) >= 11 is 0. The molecule has 0 saturated carbocycles. The van der Waals surface area contributed by atoms with E-state index in [1.807, 2.05) is 49.4 Å². The summed E-state index contributed by atoms with van der Waals surface area (Å²) in [5.41, 5.74) is 2.55. The Balaban J connectivity index is 2.14. The first-order valence-electron chi connectivity index (χ1n) is 10.4. The van der Waals surface area contributed by atoms with E-state index < -0.39 is 0 Å². The highest BCUT2D eigenvalue weighted by Crippen LogP contribution is 2.46. The highest BCUT2D eigenvalue weighted by atomic mass is 16.6. The molecule has 7 nitrogen and oxygen atoms in total. The van der Waals surface area contributed by atoms with Gasteiger partial charge in [-0.05, 0) is 31.9 Å². The van der Waals surface area contributed by atoms with Gasteiger partial charge in [0.15, 0.2) is 11.5 Å². The maximum atomic E-state index is 13.0. The standard InChI is InChI=1S/C24H30N2O5/c1-6-31-24(28)25(15-18-10-8-7-9-11-18)20-12-16(2)26(17(3)27)21-14-23(30-5)22(29-4)13-19(20)21/h7-11,13-14,16,20H,6,12,15H2,1-5H3/t16-,20+/m1/s1. The van der Waals surface area contributed by atoms with Gasteiger partial charge in [0.1, 0.15) is 0 Å². The Morgan fingerprint density at radius 3 is 2.32 bits per heavy atom. The quantitative estimate of drug-likeness (QED) is 0.678. The zero-order chi connectivity index (χ0) is 22.5. The lowest BCUT2D eigenvalue weighted by Crippen LogP contribution is -2.47. The molecule has 3 rings (SSSR count). The van der Waals surface area contributed by atoms with Gasteiger partial charge in [-0.3, -0.25) is 9.69 Å². The molecule has 2 aromatic rings. The van der Waals surface area contributed by atoms with Gasteiger partial charge in [-0.2, -0.15) is 0 Å². The number of carbonyl (C=O) groups excluding carboxylic acids is 2. The van der Waals surface area contributed by atoms with Crippen molar-refractivity contribution in [3.8, 4) is 11.5 Å². The third-order valence-corrected chi connectivity index (χ3v) is 5.57. The lowest BCUT2D eigenvalue weighted by Gasteiger charge is -2.43. The summed E-state index contributed by atoms with van der Waals surface area (Å²) in [7, 11) is 3.13. The van der Waals surface area contributed by atoms with Crippen LogP contribution < -0.4 is 14.4 Å². The first kappa shape index (κ1) is 22.5. The number of methoxy groups -OCH3 is 2. The number of benzene rings is 2. The Kier molecular flexibility index (Phi) is 7.05. The first-order valence-corrected chi connectivity index (χ1v) is 10.4. The zero-order valence-corrected chi connectivity index (χ0v) is 18.8. The summed E-state index contributed by atoms with van der Waals surface area (Å²) in [5, 5.41) is 0. The molecule has 7 heteroatoms. The van der Waals surface area contributed by atoms with Crippen LogP contribution in [0.4, 0.5) is 10.5 Å². The van der Waals surface area contributed by atoms with Gasteiger partial charge in [-0.25, -0.2) is 4.79 Å². The molecule has 0 spiro atoms. The summed E-state index contributed by atoms with van der Waals surface area (Å²) in [6.07, 6.45) is 0.189. The Bertz CT molecular complexity index is 931. The van der Waals surface area contributed by atoms with Crippen molar-refractivity contribution in [2.75, 3.05) is 25.7 Å². The summed E-state index contributed by atoms with van der Waals surface area (Å²) < 4.78 is 16.4. The maximum Gasteiger partial charge on any atom is 0.410 e. The lowest BCUT2D eigenvalue weighted by molar-refractivity contribution is -0.117. The van der Waals surface area contributed by atoms with E-state index in [1.54, 1.807) is 37.9 Å². The van der Waals surface area contributed by atoms with E-state index in [-0.39, 0.29) is 30.7 Å². The predicted octanol–water partition coefficient (Wildman–Crippen LogP) is 4.55. The zero-order valence-electron chi connectivity index (χ0n) is 18.8. The Hall–Kier alpha value is -3.22. The fraction of sp³-hybridized carbons (Fsp3) is 0.417. The number of hydrogen-bond donors (Lipinski definition) is 0. The van der Waals surface area contributed by atoms with E-state index in [0.29, 0.717) is 24.5 Å². The van der Waals surface area contributed by atoms with E-state index >= 15 is 0 Å². The molecule has 0 bridgehead atoms. The molecule has 0 saturated heterocycles. The minimum absolute atomic E-state index is 0.0647.